The summed E-state index contributed by atoms with van der Waals surface area (Å²) in [5.74, 6) is 0.689. The van der Waals surface area contributed by atoms with Crippen LogP contribution in [0.25, 0.3) is 0 Å². The Kier molecular flexibility index (Phi) is 8.66. The van der Waals surface area contributed by atoms with Crippen molar-refractivity contribution in [3.05, 3.63) is 22.3 Å². The Balaban J connectivity index is 0.00000200. The van der Waals surface area contributed by atoms with Crippen molar-refractivity contribution in [3.63, 3.8) is 0 Å². The zero-order valence-electron chi connectivity index (χ0n) is 11.5. The van der Waals surface area contributed by atoms with E-state index in [0.717, 1.165) is 0 Å². The van der Waals surface area contributed by atoms with Crippen molar-refractivity contribution in [1.82, 2.24) is 9.88 Å². The van der Waals surface area contributed by atoms with Crippen molar-refractivity contribution in [1.29, 1.82) is 0 Å². The summed E-state index contributed by atoms with van der Waals surface area (Å²) in [6, 6.07) is 1.22. The van der Waals surface area contributed by atoms with Gasteiger partial charge in [0.15, 0.2) is 0 Å². The summed E-state index contributed by atoms with van der Waals surface area (Å²) in [6.07, 6.45) is 1.57. The predicted octanol–water partition coefficient (Wildman–Crippen LogP) is 2.23. The third-order valence-electron chi connectivity index (χ3n) is 3.07. The lowest BCUT2D eigenvalue weighted by Gasteiger charge is -2.36. The third kappa shape index (κ3) is 5.04. The molecule has 0 bridgehead atoms. The second-order valence-corrected chi connectivity index (χ2v) is 5.40. The van der Waals surface area contributed by atoms with E-state index in [4.69, 9.17) is 28.9 Å². The van der Waals surface area contributed by atoms with Crippen molar-refractivity contribution >= 4 is 59.7 Å². The Labute approximate surface area is 146 Å². The van der Waals surface area contributed by atoms with E-state index in [1.165, 1.54) is 0 Å². The number of hydrogen-bond donors (Lipinski definition) is 1. The summed E-state index contributed by atoms with van der Waals surface area (Å²) >= 11 is 11.9. The number of anilines is 1. The lowest BCUT2D eigenvalue weighted by atomic mass is 10.2. The molecule has 5 nitrogen and oxygen atoms in total. The molecule has 2 N–H and O–H groups in total. The van der Waals surface area contributed by atoms with Gasteiger partial charge in [-0.05, 0) is 13.0 Å². The van der Waals surface area contributed by atoms with Gasteiger partial charge < -0.3 is 15.5 Å². The lowest BCUT2D eigenvalue weighted by molar-refractivity contribution is -0.132. The van der Waals surface area contributed by atoms with Gasteiger partial charge in [-0.25, -0.2) is 4.98 Å². The summed E-state index contributed by atoms with van der Waals surface area (Å²) in [6.45, 7) is 4.33. The van der Waals surface area contributed by atoms with Crippen molar-refractivity contribution in [3.8, 4) is 0 Å². The van der Waals surface area contributed by atoms with Gasteiger partial charge in [-0.3, -0.25) is 4.79 Å². The first-order chi connectivity index (χ1) is 8.99. The molecule has 1 saturated heterocycles. The monoisotopic (exact) mass is 374 g/mol. The van der Waals surface area contributed by atoms with Gasteiger partial charge in [-0.1, -0.05) is 23.2 Å². The molecule has 1 aliphatic heterocycles. The Morgan fingerprint density at radius 2 is 1.86 bits per heavy atom. The molecule has 21 heavy (non-hydrogen) atoms. The van der Waals surface area contributed by atoms with E-state index in [9.17, 15) is 4.79 Å². The molecule has 1 aromatic rings. The highest BCUT2D eigenvalue weighted by Gasteiger charge is 2.24. The molecule has 120 valence electrons. The van der Waals surface area contributed by atoms with E-state index in [1.807, 2.05) is 4.90 Å². The van der Waals surface area contributed by atoms with Crippen LogP contribution in [0.2, 0.25) is 10.0 Å². The van der Waals surface area contributed by atoms with Crippen molar-refractivity contribution in [2.45, 2.75) is 13.0 Å². The summed E-state index contributed by atoms with van der Waals surface area (Å²) in [5, 5.41) is 1.04. The fourth-order valence-corrected chi connectivity index (χ4v) is 2.57. The minimum atomic E-state index is -0.455. The lowest BCUT2D eigenvalue weighted by Crippen LogP contribution is -2.52. The molecule has 1 atom stereocenters. The Morgan fingerprint density at radius 3 is 2.33 bits per heavy atom. The summed E-state index contributed by atoms with van der Waals surface area (Å²) in [5.41, 5.74) is 5.60. The normalized spacial score (nSPS) is 15.8. The van der Waals surface area contributed by atoms with E-state index in [0.29, 0.717) is 42.0 Å². The molecule has 0 aromatic carbocycles. The van der Waals surface area contributed by atoms with Crippen molar-refractivity contribution in [2.75, 3.05) is 31.1 Å². The molecule has 2 heterocycles. The fraction of sp³-hybridized carbons (Fsp3) is 0.500. The zero-order chi connectivity index (χ0) is 14.0. The van der Waals surface area contributed by atoms with Gasteiger partial charge in [0.25, 0.3) is 0 Å². The molecule has 1 aliphatic rings. The molecule has 0 spiro atoms. The Morgan fingerprint density at radius 1 is 1.29 bits per heavy atom. The van der Waals surface area contributed by atoms with Gasteiger partial charge in [-0.2, -0.15) is 0 Å². The molecule has 9 heteroatoms. The van der Waals surface area contributed by atoms with Crippen LogP contribution < -0.4 is 10.6 Å². The highest BCUT2D eigenvalue weighted by molar-refractivity contribution is 6.36. The second kappa shape index (κ2) is 8.86. The smallest absolute Gasteiger partial charge is 0.239 e. The van der Waals surface area contributed by atoms with Crippen molar-refractivity contribution in [2.24, 2.45) is 5.73 Å². The van der Waals surface area contributed by atoms with Crippen LogP contribution in [0.5, 0.6) is 0 Å². The Bertz CT molecular complexity index is 478. The number of carbonyl (C=O) groups is 1. The minimum absolute atomic E-state index is 0. The standard InChI is InChI=1S/C12H16Cl2N4O.2ClH/c1-8(15)12(19)18-4-2-17(3-5-18)11-10(14)6-9(13)7-16-11;;/h6-8H,2-5,15H2,1H3;2*1H/t8-;;/m1../s1. The number of halogens is 4. The number of pyridine rings is 1. The van der Waals surface area contributed by atoms with Gasteiger partial charge in [0, 0.05) is 32.4 Å². The fourth-order valence-electron chi connectivity index (χ4n) is 2.07. The average Bonchev–Trinajstić information content (AvgIpc) is 2.38. The van der Waals surface area contributed by atoms with Crippen LogP contribution in [-0.4, -0.2) is 48.0 Å². The van der Waals surface area contributed by atoms with Crippen LogP contribution in [0.3, 0.4) is 0 Å². The molecular formula is C12H18Cl4N4O. The average molecular weight is 376 g/mol. The summed E-state index contributed by atoms with van der Waals surface area (Å²) in [4.78, 5) is 19.8. The first-order valence-electron chi connectivity index (χ1n) is 6.09. The number of carbonyl (C=O) groups excluding carboxylic acids is 1. The number of hydrogen-bond acceptors (Lipinski definition) is 4. The maximum atomic E-state index is 11.8. The predicted molar refractivity (Wildman–Crippen MR) is 91.2 cm³/mol. The highest BCUT2D eigenvalue weighted by atomic mass is 35.5. The van der Waals surface area contributed by atoms with Gasteiger partial charge in [0.05, 0.1) is 16.1 Å². The number of nitrogens with zero attached hydrogens (tertiary/aromatic N) is 3. The molecule has 2 rings (SSSR count). The number of amides is 1. The van der Waals surface area contributed by atoms with Crippen LogP contribution in [0.15, 0.2) is 12.3 Å². The molecular weight excluding hydrogens is 358 g/mol. The molecule has 1 fully saturated rings. The number of nitrogens with two attached hydrogens (primary N) is 1. The summed E-state index contributed by atoms with van der Waals surface area (Å²) < 4.78 is 0. The SMILES string of the molecule is C[C@@H](N)C(=O)N1CCN(c2ncc(Cl)cc2Cl)CC1.Cl.Cl. The number of rotatable bonds is 2. The first-order valence-corrected chi connectivity index (χ1v) is 6.85. The van der Waals surface area contributed by atoms with Gasteiger partial charge in [0.1, 0.15) is 5.82 Å². The quantitative estimate of drug-likeness (QED) is 0.860. The van der Waals surface area contributed by atoms with E-state index < -0.39 is 6.04 Å². The van der Waals surface area contributed by atoms with Gasteiger partial charge >= 0.3 is 0 Å². The van der Waals surface area contributed by atoms with Crippen LogP contribution in [-0.2, 0) is 4.79 Å². The summed E-state index contributed by atoms with van der Waals surface area (Å²) in [7, 11) is 0. The Hall–Kier alpha value is -0.460. The number of piperazine rings is 1. The van der Waals surface area contributed by atoms with Gasteiger partial charge in [0.2, 0.25) is 5.91 Å². The number of aromatic nitrogens is 1. The van der Waals surface area contributed by atoms with E-state index in [2.05, 4.69) is 4.98 Å². The maximum absolute atomic E-state index is 11.8. The minimum Gasteiger partial charge on any atom is -0.352 e. The highest BCUT2D eigenvalue weighted by Crippen LogP contribution is 2.26. The molecule has 1 aromatic heterocycles. The van der Waals surface area contributed by atoms with Gasteiger partial charge in [-0.15, -0.1) is 24.8 Å². The van der Waals surface area contributed by atoms with Crippen LogP contribution >= 0.6 is 48.0 Å². The first kappa shape index (κ1) is 20.5. The topological polar surface area (TPSA) is 62.5 Å². The van der Waals surface area contributed by atoms with Crippen LogP contribution in [0.4, 0.5) is 5.82 Å². The molecule has 1 amide bonds. The molecule has 0 aliphatic carbocycles. The van der Waals surface area contributed by atoms with E-state index in [-0.39, 0.29) is 30.7 Å². The van der Waals surface area contributed by atoms with Crippen LogP contribution in [0.1, 0.15) is 6.92 Å². The molecule has 0 saturated carbocycles. The zero-order valence-corrected chi connectivity index (χ0v) is 14.6. The second-order valence-electron chi connectivity index (χ2n) is 4.56. The third-order valence-corrected chi connectivity index (χ3v) is 3.55. The maximum Gasteiger partial charge on any atom is 0.239 e. The van der Waals surface area contributed by atoms with Crippen molar-refractivity contribution < 1.29 is 4.79 Å². The largest absolute Gasteiger partial charge is 0.352 e. The molecule has 0 radical (unpaired) electrons. The van der Waals surface area contributed by atoms with E-state index >= 15 is 0 Å². The van der Waals surface area contributed by atoms with E-state index in [1.54, 1.807) is 24.1 Å². The van der Waals surface area contributed by atoms with Crippen LogP contribution in [0, 0.1) is 0 Å². The molecule has 0 unspecified atom stereocenters.